The molecule has 7 heteroatoms. The number of amides is 1. The summed E-state index contributed by atoms with van der Waals surface area (Å²) in [5.41, 5.74) is 3.38. The molecule has 1 aliphatic rings. The van der Waals surface area contributed by atoms with Crippen molar-refractivity contribution in [3.8, 4) is 0 Å². The van der Waals surface area contributed by atoms with Crippen LogP contribution in [-0.4, -0.2) is 34.9 Å². The lowest BCUT2D eigenvalue weighted by atomic mass is 9.93. The van der Waals surface area contributed by atoms with E-state index >= 15 is 0 Å². The fourth-order valence-corrected chi connectivity index (χ4v) is 4.08. The minimum atomic E-state index is -0.894. The zero-order chi connectivity index (χ0) is 25.3. The zero-order valence-electron chi connectivity index (χ0n) is 20.0. The second-order valence-electron chi connectivity index (χ2n) is 8.75. The van der Waals surface area contributed by atoms with E-state index in [0.717, 1.165) is 11.1 Å². The number of carbonyl (C=O) groups excluding carboxylic acids is 3. The minimum absolute atomic E-state index is 0.0185. The van der Waals surface area contributed by atoms with Crippen molar-refractivity contribution >= 4 is 29.2 Å². The molecule has 1 amide bonds. The lowest BCUT2D eigenvalue weighted by Gasteiger charge is -2.25. The van der Waals surface area contributed by atoms with E-state index in [-0.39, 0.29) is 22.7 Å². The molecule has 0 radical (unpaired) electrons. The predicted molar refractivity (Wildman–Crippen MR) is 132 cm³/mol. The Kier molecular flexibility index (Phi) is 6.51. The number of esters is 1. The molecular weight excluding hydrogens is 444 g/mol. The Bertz CT molecular complexity index is 1310. The number of nitrogens with zero attached hydrogens (tertiary/aromatic N) is 2. The van der Waals surface area contributed by atoms with Gasteiger partial charge in [0.1, 0.15) is 11.6 Å². The van der Waals surface area contributed by atoms with E-state index < -0.39 is 23.7 Å². The summed E-state index contributed by atoms with van der Waals surface area (Å²) in [5.74, 6) is -1.95. The van der Waals surface area contributed by atoms with Gasteiger partial charge in [0.05, 0.1) is 24.3 Å². The van der Waals surface area contributed by atoms with Crippen molar-refractivity contribution in [2.24, 2.45) is 0 Å². The SMILES string of the molecule is COC(=O)c1ccc(N2C(=O)C(=O)C(=C(O)c3ccc(C)cc3)C2c2ccc(C(C)C)cc2)nc1. The number of benzene rings is 2. The molecule has 1 saturated heterocycles. The number of carbonyl (C=O) groups is 3. The molecule has 1 aliphatic heterocycles. The van der Waals surface area contributed by atoms with Crippen LogP contribution in [0.25, 0.3) is 5.76 Å². The number of aliphatic hydroxyl groups is 1. The van der Waals surface area contributed by atoms with Crippen LogP contribution in [0.15, 0.2) is 72.4 Å². The fourth-order valence-electron chi connectivity index (χ4n) is 4.08. The highest BCUT2D eigenvalue weighted by atomic mass is 16.5. The Morgan fingerprint density at radius 3 is 2.14 bits per heavy atom. The van der Waals surface area contributed by atoms with Gasteiger partial charge < -0.3 is 9.84 Å². The van der Waals surface area contributed by atoms with Crippen molar-refractivity contribution in [2.45, 2.75) is 32.7 Å². The van der Waals surface area contributed by atoms with Gasteiger partial charge in [-0.05, 0) is 36.1 Å². The molecule has 35 heavy (non-hydrogen) atoms. The third kappa shape index (κ3) is 4.45. The van der Waals surface area contributed by atoms with Crippen LogP contribution in [0.3, 0.4) is 0 Å². The first-order valence-corrected chi connectivity index (χ1v) is 11.2. The Balaban J connectivity index is 1.88. The summed E-state index contributed by atoms with van der Waals surface area (Å²) in [6, 6.07) is 16.7. The van der Waals surface area contributed by atoms with Crippen LogP contribution >= 0.6 is 0 Å². The van der Waals surface area contributed by atoms with Gasteiger partial charge in [0.25, 0.3) is 5.78 Å². The number of anilines is 1. The first kappa shape index (κ1) is 23.9. The number of hydrogen-bond acceptors (Lipinski definition) is 6. The number of hydrogen-bond donors (Lipinski definition) is 1. The van der Waals surface area contributed by atoms with E-state index in [4.69, 9.17) is 4.74 Å². The van der Waals surface area contributed by atoms with Crippen LogP contribution in [-0.2, 0) is 14.3 Å². The number of ether oxygens (including phenoxy) is 1. The monoisotopic (exact) mass is 470 g/mol. The Morgan fingerprint density at radius 2 is 1.60 bits per heavy atom. The van der Waals surface area contributed by atoms with Crippen LogP contribution in [0.5, 0.6) is 0 Å². The third-order valence-electron chi connectivity index (χ3n) is 6.10. The second kappa shape index (κ2) is 9.54. The summed E-state index contributed by atoms with van der Waals surface area (Å²) in [4.78, 5) is 43.8. The highest BCUT2D eigenvalue weighted by Gasteiger charge is 2.47. The van der Waals surface area contributed by atoms with Crippen molar-refractivity contribution in [1.82, 2.24) is 4.98 Å². The Hall–Kier alpha value is -4.26. The maximum Gasteiger partial charge on any atom is 0.339 e. The maximum absolute atomic E-state index is 13.2. The lowest BCUT2D eigenvalue weighted by Crippen LogP contribution is -2.30. The van der Waals surface area contributed by atoms with Crippen molar-refractivity contribution in [1.29, 1.82) is 0 Å². The largest absolute Gasteiger partial charge is 0.507 e. The van der Waals surface area contributed by atoms with Gasteiger partial charge >= 0.3 is 11.9 Å². The Labute approximate surface area is 203 Å². The molecule has 1 atom stereocenters. The summed E-state index contributed by atoms with van der Waals surface area (Å²) in [6.45, 7) is 6.07. The highest BCUT2D eigenvalue weighted by Crippen LogP contribution is 2.41. The first-order chi connectivity index (χ1) is 16.7. The topological polar surface area (TPSA) is 96.8 Å². The molecule has 3 aromatic rings. The van der Waals surface area contributed by atoms with Gasteiger partial charge in [0, 0.05) is 11.8 Å². The van der Waals surface area contributed by atoms with Crippen LogP contribution in [0.2, 0.25) is 0 Å². The molecule has 178 valence electrons. The standard InChI is InChI=1S/C28H26N2O5/c1-16(2)18-9-11-19(12-10-18)24-23(25(31)20-7-5-17(3)6-8-20)26(32)27(33)30(24)22-14-13-21(15-29-22)28(34)35-4/h5-16,24,31H,1-4H3. The lowest BCUT2D eigenvalue weighted by molar-refractivity contribution is -0.132. The number of pyridine rings is 1. The second-order valence-corrected chi connectivity index (χ2v) is 8.75. The van der Waals surface area contributed by atoms with Gasteiger partial charge in [-0.1, -0.05) is 67.9 Å². The normalized spacial score (nSPS) is 17.2. The van der Waals surface area contributed by atoms with Crippen molar-refractivity contribution < 1.29 is 24.2 Å². The molecule has 1 fully saturated rings. The van der Waals surface area contributed by atoms with Crippen LogP contribution < -0.4 is 4.90 Å². The van der Waals surface area contributed by atoms with Gasteiger partial charge in [-0.3, -0.25) is 14.5 Å². The quantitative estimate of drug-likeness (QED) is 0.246. The molecule has 1 aromatic heterocycles. The van der Waals surface area contributed by atoms with Crippen molar-refractivity contribution in [3.05, 3.63) is 100 Å². The maximum atomic E-state index is 13.2. The molecule has 4 rings (SSSR count). The minimum Gasteiger partial charge on any atom is -0.507 e. The molecular formula is C28H26N2O5. The number of rotatable bonds is 5. The van der Waals surface area contributed by atoms with Gasteiger partial charge in [-0.15, -0.1) is 0 Å². The molecule has 0 spiro atoms. The molecule has 2 aromatic carbocycles. The van der Waals surface area contributed by atoms with Crippen LogP contribution in [0, 0.1) is 6.92 Å². The average Bonchev–Trinajstić information content (AvgIpc) is 3.14. The number of aryl methyl sites for hydroxylation is 1. The molecule has 0 aliphatic carbocycles. The number of methoxy groups -OCH3 is 1. The summed E-state index contributed by atoms with van der Waals surface area (Å²) < 4.78 is 4.71. The Morgan fingerprint density at radius 1 is 0.971 bits per heavy atom. The predicted octanol–water partition coefficient (Wildman–Crippen LogP) is 4.93. The van der Waals surface area contributed by atoms with Crippen molar-refractivity contribution in [2.75, 3.05) is 12.0 Å². The van der Waals surface area contributed by atoms with Crippen LogP contribution in [0.4, 0.5) is 5.82 Å². The molecule has 0 saturated carbocycles. The summed E-state index contributed by atoms with van der Waals surface area (Å²) in [6.07, 6.45) is 1.29. The zero-order valence-corrected chi connectivity index (χ0v) is 20.0. The molecule has 1 N–H and O–H groups in total. The van der Waals surface area contributed by atoms with E-state index in [9.17, 15) is 19.5 Å². The highest BCUT2D eigenvalue weighted by molar-refractivity contribution is 6.51. The van der Waals surface area contributed by atoms with E-state index in [2.05, 4.69) is 18.8 Å². The summed E-state index contributed by atoms with van der Waals surface area (Å²) in [5, 5.41) is 11.2. The average molecular weight is 471 g/mol. The molecule has 1 unspecified atom stereocenters. The van der Waals surface area contributed by atoms with Gasteiger partial charge in [0.2, 0.25) is 0 Å². The smallest absolute Gasteiger partial charge is 0.339 e. The molecule has 0 bridgehead atoms. The van der Waals surface area contributed by atoms with Gasteiger partial charge in [0.15, 0.2) is 0 Å². The molecule has 2 heterocycles. The van der Waals surface area contributed by atoms with E-state index in [1.54, 1.807) is 12.1 Å². The van der Waals surface area contributed by atoms with Gasteiger partial charge in [-0.2, -0.15) is 0 Å². The van der Waals surface area contributed by atoms with Gasteiger partial charge in [-0.25, -0.2) is 9.78 Å². The fraction of sp³-hybridized carbons (Fsp3) is 0.214. The number of aromatic nitrogens is 1. The first-order valence-electron chi connectivity index (χ1n) is 11.2. The van der Waals surface area contributed by atoms with E-state index in [1.165, 1.54) is 30.3 Å². The summed E-state index contributed by atoms with van der Waals surface area (Å²) in [7, 11) is 1.26. The summed E-state index contributed by atoms with van der Waals surface area (Å²) >= 11 is 0. The third-order valence-corrected chi connectivity index (χ3v) is 6.10. The number of Topliss-reactive ketones (excluding diaryl/α,β-unsaturated/α-hetero) is 1. The van der Waals surface area contributed by atoms with E-state index in [0.29, 0.717) is 17.0 Å². The number of ketones is 1. The van der Waals surface area contributed by atoms with Crippen molar-refractivity contribution in [3.63, 3.8) is 0 Å². The number of aliphatic hydroxyl groups excluding tert-OH is 1. The van der Waals surface area contributed by atoms with E-state index in [1.807, 2.05) is 43.3 Å². The molecule has 7 nitrogen and oxygen atoms in total. The van der Waals surface area contributed by atoms with Crippen LogP contribution in [0.1, 0.15) is 58.4 Å².